The van der Waals surface area contributed by atoms with Crippen LogP contribution < -0.4 is 10.2 Å². The van der Waals surface area contributed by atoms with Crippen LogP contribution in [0.25, 0.3) is 0 Å². The second-order valence-electron chi connectivity index (χ2n) is 8.39. The molecule has 0 aliphatic carbocycles. The topological polar surface area (TPSA) is 61.4 Å². The summed E-state index contributed by atoms with van der Waals surface area (Å²) in [5.41, 5.74) is 3.93. The SMILES string of the molecule is CCc1nc(C)nc(N2CCCN(C(=O)Nc3c(Cl)cccc3Cl)CC2)c1Cc1ccccc1. The van der Waals surface area contributed by atoms with Crippen LogP contribution in [-0.2, 0) is 12.8 Å². The zero-order chi connectivity index (χ0) is 24.1. The Morgan fingerprint density at radius 3 is 2.41 bits per heavy atom. The molecule has 1 N–H and O–H groups in total. The van der Waals surface area contributed by atoms with Gasteiger partial charge in [0.25, 0.3) is 0 Å². The molecule has 2 heterocycles. The summed E-state index contributed by atoms with van der Waals surface area (Å²) in [6, 6.07) is 15.4. The molecular weight excluding hydrogens is 469 g/mol. The summed E-state index contributed by atoms with van der Waals surface area (Å²) < 4.78 is 0. The number of hydrogen-bond donors (Lipinski definition) is 1. The van der Waals surface area contributed by atoms with Gasteiger partial charge in [-0.05, 0) is 37.5 Å². The standard InChI is InChI=1S/C26H29Cl2N5O/c1-3-23-20(17-19-9-5-4-6-10-19)25(30-18(2)29-23)32-13-8-14-33(16-15-32)26(34)31-24-21(27)11-7-12-22(24)28/h4-7,9-12H,3,8,13-17H2,1-2H3,(H,31,34). The minimum absolute atomic E-state index is 0.200. The molecule has 0 saturated carbocycles. The van der Waals surface area contributed by atoms with Gasteiger partial charge >= 0.3 is 6.03 Å². The number of aryl methyl sites for hydroxylation is 2. The van der Waals surface area contributed by atoms with E-state index >= 15 is 0 Å². The molecule has 2 amide bonds. The van der Waals surface area contributed by atoms with Crippen molar-refractivity contribution < 1.29 is 4.79 Å². The number of carbonyl (C=O) groups excluding carboxylic acids is 1. The second kappa shape index (κ2) is 11.1. The third-order valence-corrected chi connectivity index (χ3v) is 6.65. The highest BCUT2D eigenvalue weighted by Crippen LogP contribution is 2.30. The second-order valence-corrected chi connectivity index (χ2v) is 9.20. The number of benzene rings is 2. The highest BCUT2D eigenvalue weighted by Gasteiger charge is 2.24. The molecule has 0 unspecified atom stereocenters. The molecule has 3 aromatic rings. The molecule has 1 aliphatic rings. The summed E-state index contributed by atoms with van der Waals surface area (Å²) in [6.07, 6.45) is 2.46. The molecule has 2 aromatic carbocycles. The van der Waals surface area contributed by atoms with Crippen molar-refractivity contribution >= 4 is 40.7 Å². The lowest BCUT2D eigenvalue weighted by Crippen LogP contribution is -2.38. The molecule has 178 valence electrons. The Morgan fingerprint density at radius 2 is 1.71 bits per heavy atom. The van der Waals surface area contributed by atoms with Gasteiger partial charge in [0.05, 0.1) is 15.7 Å². The van der Waals surface area contributed by atoms with Crippen molar-refractivity contribution in [3.63, 3.8) is 0 Å². The summed E-state index contributed by atoms with van der Waals surface area (Å²) in [5, 5.41) is 3.73. The van der Waals surface area contributed by atoms with Crippen molar-refractivity contribution in [1.82, 2.24) is 14.9 Å². The van der Waals surface area contributed by atoms with Crippen LogP contribution in [0.1, 0.15) is 36.0 Å². The fourth-order valence-corrected chi connectivity index (χ4v) is 4.80. The Kier molecular flexibility index (Phi) is 7.91. The van der Waals surface area contributed by atoms with Gasteiger partial charge in [0.2, 0.25) is 0 Å². The van der Waals surface area contributed by atoms with E-state index in [1.165, 1.54) is 11.1 Å². The number of nitrogens with one attached hydrogen (secondary N) is 1. The number of amides is 2. The van der Waals surface area contributed by atoms with Crippen LogP contribution in [0.5, 0.6) is 0 Å². The lowest BCUT2D eigenvalue weighted by Gasteiger charge is -2.26. The molecule has 4 rings (SSSR count). The molecule has 0 radical (unpaired) electrons. The Bertz CT molecular complexity index is 1140. The summed E-state index contributed by atoms with van der Waals surface area (Å²) in [4.78, 5) is 26.7. The number of carbonyl (C=O) groups is 1. The van der Waals surface area contributed by atoms with Gasteiger partial charge in [-0.25, -0.2) is 14.8 Å². The highest BCUT2D eigenvalue weighted by molar-refractivity contribution is 6.39. The smallest absolute Gasteiger partial charge is 0.321 e. The van der Waals surface area contributed by atoms with Crippen molar-refractivity contribution in [3.8, 4) is 0 Å². The van der Waals surface area contributed by atoms with E-state index in [-0.39, 0.29) is 6.03 Å². The first-order chi connectivity index (χ1) is 16.5. The van der Waals surface area contributed by atoms with Crippen molar-refractivity contribution in [2.24, 2.45) is 0 Å². The predicted molar refractivity (Wildman–Crippen MR) is 139 cm³/mol. The van der Waals surface area contributed by atoms with E-state index < -0.39 is 0 Å². The Labute approximate surface area is 210 Å². The average Bonchev–Trinajstić information content (AvgIpc) is 3.09. The first kappa shape index (κ1) is 24.3. The van der Waals surface area contributed by atoms with Crippen molar-refractivity contribution in [2.75, 3.05) is 36.4 Å². The fourth-order valence-electron chi connectivity index (χ4n) is 4.31. The minimum atomic E-state index is -0.200. The first-order valence-electron chi connectivity index (χ1n) is 11.6. The maximum Gasteiger partial charge on any atom is 0.321 e. The molecule has 1 saturated heterocycles. The van der Waals surface area contributed by atoms with Crippen LogP contribution >= 0.6 is 23.2 Å². The normalized spacial score (nSPS) is 14.1. The van der Waals surface area contributed by atoms with E-state index in [0.29, 0.717) is 35.4 Å². The van der Waals surface area contributed by atoms with Gasteiger partial charge in [0.1, 0.15) is 11.6 Å². The van der Waals surface area contributed by atoms with Crippen LogP contribution in [0.3, 0.4) is 0 Å². The van der Waals surface area contributed by atoms with Gasteiger partial charge in [-0.1, -0.05) is 66.5 Å². The van der Waals surface area contributed by atoms with Crippen molar-refractivity contribution in [2.45, 2.75) is 33.1 Å². The van der Waals surface area contributed by atoms with Gasteiger partial charge in [-0.2, -0.15) is 0 Å². The summed E-state index contributed by atoms with van der Waals surface area (Å²) >= 11 is 12.5. The van der Waals surface area contributed by atoms with E-state index in [9.17, 15) is 4.79 Å². The van der Waals surface area contributed by atoms with E-state index in [2.05, 4.69) is 41.4 Å². The molecule has 1 aromatic heterocycles. The van der Waals surface area contributed by atoms with E-state index in [0.717, 1.165) is 43.1 Å². The van der Waals surface area contributed by atoms with Gasteiger partial charge in [-0.3, -0.25) is 0 Å². The molecular formula is C26H29Cl2N5O. The summed E-state index contributed by atoms with van der Waals surface area (Å²) in [5.74, 6) is 1.75. The van der Waals surface area contributed by atoms with Crippen molar-refractivity contribution in [3.05, 3.63) is 81.2 Å². The maximum atomic E-state index is 13.0. The zero-order valence-electron chi connectivity index (χ0n) is 19.5. The van der Waals surface area contributed by atoms with Gasteiger partial charge in [-0.15, -0.1) is 0 Å². The lowest BCUT2D eigenvalue weighted by atomic mass is 10.0. The van der Waals surface area contributed by atoms with Gasteiger partial charge < -0.3 is 15.1 Å². The largest absolute Gasteiger partial charge is 0.354 e. The Hall–Kier alpha value is -2.83. The van der Waals surface area contributed by atoms with E-state index in [1.54, 1.807) is 18.2 Å². The number of urea groups is 1. The van der Waals surface area contributed by atoms with Crippen LogP contribution in [-0.4, -0.2) is 47.1 Å². The van der Waals surface area contributed by atoms with E-state index in [1.807, 2.05) is 17.9 Å². The molecule has 8 heteroatoms. The number of nitrogens with zero attached hydrogens (tertiary/aromatic N) is 4. The van der Waals surface area contributed by atoms with Gasteiger partial charge in [0.15, 0.2) is 0 Å². The average molecular weight is 498 g/mol. The number of rotatable bonds is 5. The van der Waals surface area contributed by atoms with Crippen LogP contribution in [0.2, 0.25) is 10.0 Å². The monoisotopic (exact) mass is 497 g/mol. The fraction of sp³-hybridized carbons (Fsp3) is 0.346. The van der Waals surface area contributed by atoms with E-state index in [4.69, 9.17) is 33.2 Å². The minimum Gasteiger partial charge on any atom is -0.354 e. The number of halogens is 2. The predicted octanol–water partition coefficient (Wildman–Crippen LogP) is 5.99. The third kappa shape index (κ3) is 5.62. The number of aromatic nitrogens is 2. The quantitative estimate of drug-likeness (QED) is 0.470. The molecule has 6 nitrogen and oxygen atoms in total. The van der Waals surface area contributed by atoms with Crippen LogP contribution in [0.4, 0.5) is 16.3 Å². The van der Waals surface area contributed by atoms with Crippen molar-refractivity contribution in [1.29, 1.82) is 0 Å². The number of para-hydroxylation sites is 1. The highest BCUT2D eigenvalue weighted by atomic mass is 35.5. The maximum absolute atomic E-state index is 13.0. The Balaban J connectivity index is 1.54. The molecule has 0 spiro atoms. The van der Waals surface area contributed by atoms with Crippen LogP contribution in [0, 0.1) is 6.92 Å². The van der Waals surface area contributed by atoms with Gasteiger partial charge in [0, 0.05) is 43.9 Å². The molecule has 1 aliphatic heterocycles. The number of hydrogen-bond acceptors (Lipinski definition) is 4. The molecule has 34 heavy (non-hydrogen) atoms. The third-order valence-electron chi connectivity index (χ3n) is 6.02. The lowest BCUT2D eigenvalue weighted by molar-refractivity contribution is 0.215. The number of anilines is 2. The summed E-state index contributed by atoms with van der Waals surface area (Å²) in [6.45, 7) is 6.80. The molecule has 0 atom stereocenters. The zero-order valence-corrected chi connectivity index (χ0v) is 21.0. The first-order valence-corrected chi connectivity index (χ1v) is 12.4. The Morgan fingerprint density at radius 1 is 0.971 bits per heavy atom. The molecule has 1 fully saturated rings. The summed E-state index contributed by atoms with van der Waals surface area (Å²) in [7, 11) is 0. The van der Waals surface area contributed by atoms with Crippen LogP contribution in [0.15, 0.2) is 48.5 Å². The molecule has 0 bridgehead atoms.